The smallest absolute Gasteiger partial charge is 0.252 e. The van der Waals surface area contributed by atoms with Crippen LogP contribution in [-0.2, 0) is 0 Å². The first-order chi connectivity index (χ1) is 52.0. The van der Waals surface area contributed by atoms with E-state index in [2.05, 4.69) is 414 Å². The van der Waals surface area contributed by atoms with E-state index in [-0.39, 0.29) is 13.4 Å². The Balaban J connectivity index is 0.916. The third kappa shape index (κ3) is 10.8. The summed E-state index contributed by atoms with van der Waals surface area (Å²) in [5.41, 5.74) is 25.1. The second kappa shape index (κ2) is 25.0. The van der Waals surface area contributed by atoms with Gasteiger partial charge in [-0.2, -0.15) is 0 Å². The highest BCUT2D eigenvalue weighted by atomic mass is 28.3. The predicted molar refractivity (Wildman–Crippen MR) is 488 cm³/mol. The summed E-state index contributed by atoms with van der Waals surface area (Å²) in [6, 6.07) is 122. The monoisotopic (exact) mass is 1470 g/mol. The maximum atomic E-state index is 2.69. The summed E-state index contributed by atoms with van der Waals surface area (Å²) >= 11 is 0. The Labute approximate surface area is 643 Å². The van der Waals surface area contributed by atoms with E-state index in [0.717, 1.165) is 11.4 Å². The Kier molecular flexibility index (Phi) is 15.8. The van der Waals surface area contributed by atoms with E-state index in [1.807, 2.05) is 0 Å². The molecule has 0 N–H and O–H groups in total. The lowest BCUT2D eigenvalue weighted by atomic mass is 9.33. The zero-order valence-electron chi connectivity index (χ0n) is 64.4. The average molecular weight is 1470 g/mol. The topological polar surface area (TPSA) is 13.0 Å². The number of hydrogen-bond acceptors (Lipinski definition) is 4. The molecule has 0 radical (unpaired) electrons. The fourth-order valence-corrected chi connectivity index (χ4v) is 26.8. The molecule has 0 aromatic heterocycles. The zero-order chi connectivity index (χ0) is 74.1. The van der Waals surface area contributed by atoms with Crippen molar-refractivity contribution < 1.29 is 0 Å². The van der Waals surface area contributed by atoms with Gasteiger partial charge in [-0.15, -0.1) is 0 Å². The highest BCUT2D eigenvalue weighted by Gasteiger charge is 2.49. The number of anilines is 12. The van der Waals surface area contributed by atoms with Crippen LogP contribution < -0.4 is 88.7 Å². The number of fused-ring (bicyclic) bond motifs is 14. The Morgan fingerprint density at radius 1 is 0.222 bits per heavy atom. The minimum absolute atomic E-state index is 0.0197. The molecule has 0 unspecified atom stereocenters. The quantitative estimate of drug-likeness (QED) is 0.0893. The molecule has 0 fully saturated rings. The van der Waals surface area contributed by atoms with Crippen molar-refractivity contribution in [3.63, 3.8) is 0 Å². The van der Waals surface area contributed by atoms with E-state index in [4.69, 9.17) is 0 Å². The molecule has 19 rings (SSSR count). The van der Waals surface area contributed by atoms with Crippen LogP contribution in [0.1, 0.15) is 0 Å². The molecule has 4 heterocycles. The van der Waals surface area contributed by atoms with Crippen molar-refractivity contribution >= 4 is 223 Å². The second-order valence-corrected chi connectivity index (χ2v) is 59.3. The average Bonchev–Trinajstić information content (AvgIpc) is 0.690. The first-order valence-electron chi connectivity index (χ1n) is 38.8. The minimum atomic E-state index is -2.80. The molecule has 0 bridgehead atoms. The van der Waals surface area contributed by atoms with E-state index in [1.54, 1.807) is 0 Å². The number of nitrogens with zero attached hydrogens (tertiary/aromatic N) is 4. The second-order valence-electron chi connectivity index (χ2n) is 35.0. The van der Waals surface area contributed by atoms with E-state index in [9.17, 15) is 0 Å². The van der Waals surface area contributed by atoms with E-state index >= 15 is 0 Å². The van der Waals surface area contributed by atoms with Crippen molar-refractivity contribution in [3.05, 3.63) is 309 Å². The third-order valence-corrected chi connectivity index (χ3v) is 37.0. The van der Waals surface area contributed by atoms with Gasteiger partial charge < -0.3 is 19.6 Å². The summed E-state index contributed by atoms with van der Waals surface area (Å²) in [5.74, 6) is 0. The van der Waals surface area contributed by atoms with Crippen LogP contribution in [0.5, 0.6) is 0 Å². The molecule has 11 heteroatoms. The molecule has 524 valence electrons. The fraction of sp³-hybridized carbons (Fsp3) is 0.134. The van der Waals surface area contributed by atoms with E-state index in [0.29, 0.717) is 0 Å². The number of rotatable bonds is 12. The van der Waals surface area contributed by atoms with Crippen LogP contribution in [0.4, 0.5) is 68.2 Å². The number of para-hydroxylation sites is 2. The van der Waals surface area contributed by atoms with Gasteiger partial charge in [0.15, 0.2) is 0 Å². The predicted octanol–water partition coefficient (Wildman–Crippen LogP) is 18.3. The van der Waals surface area contributed by atoms with Gasteiger partial charge in [0, 0.05) is 78.7 Å². The molecule has 0 saturated heterocycles. The molecular weight excluding hydrogens is 1380 g/mol. The van der Waals surface area contributed by atoms with Crippen LogP contribution in [0.2, 0.25) is 85.1 Å². The molecule has 0 saturated carbocycles. The largest absolute Gasteiger partial charge is 0.311 e. The van der Waals surface area contributed by atoms with Crippen LogP contribution in [0.3, 0.4) is 0 Å². The minimum Gasteiger partial charge on any atom is -0.311 e. The Hall–Kier alpha value is -10.5. The van der Waals surface area contributed by atoms with Crippen LogP contribution >= 0.6 is 0 Å². The van der Waals surface area contributed by atoms with Gasteiger partial charge in [-0.05, 0) is 161 Å². The first kappa shape index (κ1) is 68.1. The normalized spacial score (nSPS) is 13.9. The molecule has 108 heavy (non-hydrogen) atoms. The van der Waals surface area contributed by atoms with Crippen molar-refractivity contribution in [2.75, 3.05) is 19.6 Å². The van der Waals surface area contributed by atoms with Crippen molar-refractivity contribution in [2.24, 2.45) is 0 Å². The van der Waals surface area contributed by atoms with Gasteiger partial charge in [-0.1, -0.05) is 330 Å². The van der Waals surface area contributed by atoms with Crippen LogP contribution in [0.15, 0.2) is 309 Å². The molecule has 0 aliphatic carbocycles. The lowest BCUT2D eigenvalue weighted by Gasteiger charge is -2.46. The van der Waals surface area contributed by atoms with Crippen LogP contribution in [-0.4, -0.2) is 53.8 Å². The molecule has 0 spiro atoms. The highest BCUT2D eigenvalue weighted by Crippen LogP contribution is 2.52. The van der Waals surface area contributed by atoms with Crippen molar-refractivity contribution in [1.29, 1.82) is 0 Å². The number of hydrogen-bond donors (Lipinski definition) is 0. The first-order valence-corrected chi connectivity index (χ1v) is 55.3. The van der Waals surface area contributed by atoms with Crippen LogP contribution in [0.25, 0.3) is 43.4 Å². The van der Waals surface area contributed by atoms with Gasteiger partial charge in [-0.3, -0.25) is 0 Å². The van der Waals surface area contributed by atoms with E-state index in [1.165, 1.54) is 169 Å². The molecule has 0 amide bonds. The Bertz CT molecular complexity index is 6070. The lowest BCUT2D eigenvalue weighted by Crippen LogP contribution is -2.66. The van der Waals surface area contributed by atoms with Gasteiger partial charge in [0.2, 0.25) is 0 Å². The standard InChI is InChI=1S/C97H90B2N4Si5/c1-104(2,3)72-48-44-70(45-49-72)100-88-56-52-76(106(7,8)9)60-85(88)99-86-61-77(107(10,11)12)53-57-89(86)101(71-46-50-73(51-47-71)105(4,5)6)97-80-54-42-66(58-67(80)59-90(100)94(97)99)83-64-87-96(82-41-29-28-40-81(82)83)103(69-33-20-15-21-34-69)92-63-78(108(13,74-35-22-16-23-36-74)75-37-24-17-25-38-75)62-91-93(92)98(87)84-55-43-65-30-26-27-39-79(65)95(84)102(91)68-31-18-14-19-32-68/h14-64H,1-13H3. The van der Waals surface area contributed by atoms with Gasteiger partial charge >= 0.3 is 0 Å². The summed E-state index contributed by atoms with van der Waals surface area (Å²) in [4.78, 5) is 10.7. The molecular formula is C97H90B2N4Si5. The maximum Gasteiger partial charge on any atom is 0.252 e. The third-order valence-electron chi connectivity index (χ3n) is 24.3. The molecule has 4 nitrogen and oxygen atoms in total. The molecule has 15 aromatic rings. The summed E-state index contributed by atoms with van der Waals surface area (Å²) in [7, 11) is -9.78. The fourth-order valence-electron chi connectivity index (χ4n) is 18.5. The van der Waals surface area contributed by atoms with Crippen molar-refractivity contribution in [2.45, 2.75) is 85.1 Å². The summed E-state index contributed by atoms with van der Waals surface area (Å²) in [6.45, 7) is 32.3. The van der Waals surface area contributed by atoms with Gasteiger partial charge in [0.25, 0.3) is 13.4 Å². The van der Waals surface area contributed by atoms with Gasteiger partial charge in [-0.25, -0.2) is 0 Å². The highest BCUT2D eigenvalue weighted by molar-refractivity contribution is 7.11. The van der Waals surface area contributed by atoms with Crippen LogP contribution in [0, 0.1) is 0 Å². The van der Waals surface area contributed by atoms with E-state index < -0.39 is 40.4 Å². The molecule has 15 aromatic carbocycles. The molecule has 0 atom stereocenters. The van der Waals surface area contributed by atoms with Crippen molar-refractivity contribution in [3.8, 4) is 11.1 Å². The maximum absolute atomic E-state index is 2.80. The number of benzene rings is 15. The lowest BCUT2D eigenvalue weighted by molar-refractivity contribution is 1.27. The van der Waals surface area contributed by atoms with Gasteiger partial charge in [0.05, 0.1) is 38.0 Å². The molecule has 4 aliphatic heterocycles. The Morgan fingerprint density at radius 2 is 0.630 bits per heavy atom. The Morgan fingerprint density at radius 3 is 1.16 bits per heavy atom. The summed E-state index contributed by atoms with van der Waals surface area (Å²) in [6.07, 6.45) is 0. The SMILES string of the molecule is C[Si](C)(C)c1ccc(N2c3ccc([Si](C)(C)C)cc3B3c4cc([Si](C)(C)C)ccc4N(c4ccc([Si](C)(C)C)cc4)c4c3c2cc2cc(-c3cc5c(c6ccccc36)N(c3ccccc3)c3cc([Si](C)(c6ccccc6)c6ccccc6)cc6c3B5c3ccc5ccccc5c3N6c3ccccc3)ccc42)cc1. The zero-order valence-corrected chi connectivity index (χ0v) is 69.4. The van der Waals surface area contributed by atoms with Crippen molar-refractivity contribution in [1.82, 2.24) is 0 Å². The molecule has 4 aliphatic rings. The summed E-state index contributed by atoms with van der Waals surface area (Å²) in [5, 5.41) is 17.4. The van der Waals surface area contributed by atoms with Gasteiger partial charge in [0.1, 0.15) is 8.07 Å². The summed E-state index contributed by atoms with van der Waals surface area (Å²) < 4.78 is 0.